The second kappa shape index (κ2) is 13.9. The number of likely N-dealkylation sites (tertiary alicyclic amines) is 1. The Morgan fingerprint density at radius 1 is 1.07 bits per heavy atom. The minimum atomic E-state index is -1.12. The van der Waals surface area contributed by atoms with Gasteiger partial charge in [-0.1, -0.05) is 70.7 Å². The maximum absolute atomic E-state index is 14.1. The number of hydrogen-bond acceptors (Lipinski definition) is 6. The summed E-state index contributed by atoms with van der Waals surface area (Å²) in [6, 6.07) is 6.29. The number of allylic oxidation sites excluding steroid dienone is 1. The molecule has 0 radical (unpaired) electrons. The van der Waals surface area contributed by atoms with Crippen LogP contribution in [0.4, 0.5) is 4.79 Å². The third-order valence-electron chi connectivity index (χ3n) is 8.39. The van der Waals surface area contributed by atoms with Gasteiger partial charge in [-0.2, -0.15) is 0 Å². The zero-order chi connectivity index (χ0) is 33.7. The van der Waals surface area contributed by atoms with E-state index in [-0.39, 0.29) is 30.2 Å². The highest BCUT2D eigenvalue weighted by Gasteiger charge is 2.70. The summed E-state index contributed by atoms with van der Waals surface area (Å²) in [5, 5.41) is 8.02. The second-order valence-electron chi connectivity index (χ2n) is 14.5. The zero-order valence-corrected chi connectivity index (χ0v) is 27.8. The van der Waals surface area contributed by atoms with Gasteiger partial charge in [0.05, 0.1) is 12.6 Å². The minimum Gasteiger partial charge on any atom is -0.444 e. The first-order valence-corrected chi connectivity index (χ1v) is 15.5. The molecule has 1 saturated heterocycles. The summed E-state index contributed by atoms with van der Waals surface area (Å²) >= 11 is 0. The van der Waals surface area contributed by atoms with E-state index in [1.54, 1.807) is 26.8 Å². The lowest BCUT2D eigenvalue weighted by Crippen LogP contribution is -2.60. The van der Waals surface area contributed by atoms with Crippen molar-refractivity contribution in [3.05, 3.63) is 48.6 Å². The Hall–Kier alpha value is -4.13. The second-order valence-corrected chi connectivity index (χ2v) is 14.5. The molecule has 2 aliphatic rings. The van der Waals surface area contributed by atoms with Gasteiger partial charge in [0, 0.05) is 12.1 Å². The number of nitrogens with one attached hydrogen (secondary N) is 3. The number of benzene rings is 1. The van der Waals surface area contributed by atoms with Gasteiger partial charge in [0.25, 0.3) is 5.91 Å². The van der Waals surface area contributed by atoms with Gasteiger partial charge in [-0.05, 0) is 68.4 Å². The first kappa shape index (κ1) is 35.4. The van der Waals surface area contributed by atoms with E-state index in [0.717, 1.165) is 5.56 Å². The number of amides is 4. The standard InChI is InChI=1S/C35H48N4O6/c1-10-11-19-24(27(40)30(42)36-20-15-18-22-16-13-12-14-17-22)37-29(41)26-25-23(35(25,8)9)21-39(26)31(43)28(33(2,3)4)38-32(44)45-34(5,6)7/h10,12-14,16-17,23-26,28H,1,11,19-21H2,2-9H3,(H,36,42)(H,37,41)(H,38,44)/t23-,24?,25-,26?,28+/m0/s1. The molecule has 2 unspecified atom stereocenters. The summed E-state index contributed by atoms with van der Waals surface area (Å²) in [6.07, 6.45) is 1.43. The van der Waals surface area contributed by atoms with E-state index in [0.29, 0.717) is 13.0 Å². The van der Waals surface area contributed by atoms with Crippen molar-refractivity contribution in [1.82, 2.24) is 20.9 Å². The van der Waals surface area contributed by atoms with E-state index >= 15 is 0 Å². The van der Waals surface area contributed by atoms with Crippen LogP contribution in [0.1, 0.15) is 73.8 Å². The van der Waals surface area contributed by atoms with Gasteiger partial charge < -0.3 is 25.6 Å². The molecule has 1 saturated carbocycles. The predicted octanol–water partition coefficient (Wildman–Crippen LogP) is 3.60. The average molecular weight is 621 g/mol. The number of hydrogen-bond donors (Lipinski definition) is 3. The van der Waals surface area contributed by atoms with Crippen molar-refractivity contribution < 1.29 is 28.7 Å². The molecule has 0 bridgehead atoms. The lowest BCUT2D eigenvalue weighted by atomic mass is 9.85. The molecule has 3 rings (SSSR count). The topological polar surface area (TPSA) is 134 Å². The monoisotopic (exact) mass is 620 g/mol. The Kier molecular flexibility index (Phi) is 10.9. The molecule has 2 fully saturated rings. The van der Waals surface area contributed by atoms with Crippen molar-refractivity contribution in [1.29, 1.82) is 0 Å². The van der Waals surface area contributed by atoms with Gasteiger partial charge in [-0.3, -0.25) is 19.2 Å². The van der Waals surface area contributed by atoms with Crippen molar-refractivity contribution in [2.24, 2.45) is 22.7 Å². The van der Waals surface area contributed by atoms with Crippen LogP contribution in [0.15, 0.2) is 43.0 Å². The fraction of sp³-hybridized carbons (Fsp3) is 0.571. The van der Waals surface area contributed by atoms with Crippen LogP contribution < -0.4 is 16.0 Å². The average Bonchev–Trinajstić information content (AvgIpc) is 3.26. The number of nitrogens with zero attached hydrogens (tertiary/aromatic N) is 1. The number of rotatable bonds is 10. The molecule has 10 nitrogen and oxygen atoms in total. The Bertz CT molecular complexity index is 1360. The molecular weight excluding hydrogens is 572 g/mol. The largest absolute Gasteiger partial charge is 0.444 e. The van der Waals surface area contributed by atoms with Crippen LogP contribution in [0.3, 0.4) is 0 Å². The highest BCUT2D eigenvalue weighted by atomic mass is 16.6. The van der Waals surface area contributed by atoms with Crippen molar-refractivity contribution in [2.75, 3.05) is 13.1 Å². The lowest BCUT2D eigenvalue weighted by molar-refractivity contribution is -0.145. The molecule has 0 spiro atoms. The SMILES string of the molecule is C=CCCC(NC(=O)C1[C@@H]2[C@H](CN1C(=O)[C@@H](NC(=O)OC(C)(C)C)C(C)(C)C)C2(C)C)C(=O)C(=O)NCC#Cc1ccccc1. The lowest BCUT2D eigenvalue weighted by Gasteiger charge is -2.38. The Morgan fingerprint density at radius 3 is 2.29 bits per heavy atom. The number of Topliss-reactive ketones (excluding diaryl/α,β-unsaturated/α-hetero) is 1. The van der Waals surface area contributed by atoms with Crippen molar-refractivity contribution >= 4 is 29.6 Å². The van der Waals surface area contributed by atoms with Crippen LogP contribution in [0.2, 0.25) is 0 Å². The highest BCUT2D eigenvalue weighted by Crippen LogP contribution is 2.65. The van der Waals surface area contributed by atoms with Crippen LogP contribution >= 0.6 is 0 Å². The maximum Gasteiger partial charge on any atom is 0.408 e. The van der Waals surface area contributed by atoms with Crippen LogP contribution in [-0.2, 0) is 23.9 Å². The molecule has 5 atom stereocenters. The number of piperidine rings is 1. The molecule has 244 valence electrons. The molecule has 1 heterocycles. The van der Waals surface area contributed by atoms with E-state index in [1.165, 1.54) is 4.90 Å². The third-order valence-corrected chi connectivity index (χ3v) is 8.39. The van der Waals surface area contributed by atoms with Crippen molar-refractivity contribution in [2.45, 2.75) is 92.0 Å². The summed E-state index contributed by atoms with van der Waals surface area (Å²) in [7, 11) is 0. The van der Waals surface area contributed by atoms with E-state index in [2.05, 4.69) is 48.2 Å². The number of ether oxygens (including phenoxy) is 1. The van der Waals surface area contributed by atoms with Gasteiger partial charge in [0.15, 0.2) is 0 Å². The molecule has 45 heavy (non-hydrogen) atoms. The number of alkyl carbamates (subject to hydrolysis) is 1. The molecule has 1 aliphatic carbocycles. The van der Waals surface area contributed by atoms with E-state index in [9.17, 15) is 24.0 Å². The fourth-order valence-corrected chi connectivity index (χ4v) is 5.90. The van der Waals surface area contributed by atoms with Gasteiger partial charge in [0.1, 0.15) is 17.7 Å². The van der Waals surface area contributed by atoms with Crippen molar-refractivity contribution in [3.8, 4) is 11.8 Å². The fourth-order valence-electron chi connectivity index (χ4n) is 5.90. The summed E-state index contributed by atoms with van der Waals surface area (Å²) < 4.78 is 5.42. The number of carbonyl (C=O) groups is 5. The molecule has 1 aliphatic heterocycles. The molecule has 10 heteroatoms. The van der Waals surface area contributed by atoms with Gasteiger partial charge >= 0.3 is 6.09 Å². The number of fused-ring (bicyclic) bond motifs is 1. The van der Waals surface area contributed by atoms with E-state index in [4.69, 9.17) is 4.74 Å². The highest BCUT2D eigenvalue weighted by molar-refractivity contribution is 6.38. The molecule has 1 aromatic rings. The molecule has 4 amide bonds. The summed E-state index contributed by atoms with van der Waals surface area (Å²) in [4.78, 5) is 68.2. The molecule has 1 aromatic carbocycles. The van der Waals surface area contributed by atoms with Gasteiger partial charge in [0.2, 0.25) is 17.6 Å². The van der Waals surface area contributed by atoms with Crippen molar-refractivity contribution in [3.63, 3.8) is 0 Å². The van der Waals surface area contributed by atoms with Crippen LogP contribution in [0.25, 0.3) is 0 Å². The zero-order valence-electron chi connectivity index (χ0n) is 27.8. The summed E-state index contributed by atoms with van der Waals surface area (Å²) in [5.41, 5.74) is -0.864. The van der Waals surface area contributed by atoms with Crippen LogP contribution in [-0.4, -0.2) is 71.3 Å². The molecule has 0 aromatic heterocycles. The van der Waals surface area contributed by atoms with Crippen LogP contribution in [0, 0.1) is 34.5 Å². The smallest absolute Gasteiger partial charge is 0.408 e. The number of carbonyl (C=O) groups excluding carboxylic acids is 5. The Labute approximate surface area is 267 Å². The number of ketones is 1. The normalized spacial score (nSPS) is 21.2. The van der Waals surface area contributed by atoms with Gasteiger partial charge in [-0.25, -0.2) is 4.79 Å². The Morgan fingerprint density at radius 2 is 1.71 bits per heavy atom. The van der Waals surface area contributed by atoms with Crippen LogP contribution in [0.5, 0.6) is 0 Å². The molecular formula is C35H48N4O6. The first-order valence-electron chi connectivity index (χ1n) is 15.5. The molecule has 3 N–H and O–H groups in total. The van der Waals surface area contributed by atoms with E-state index in [1.807, 2.05) is 51.1 Å². The third kappa shape index (κ3) is 8.96. The minimum absolute atomic E-state index is 0.0384. The summed E-state index contributed by atoms with van der Waals surface area (Å²) in [5.74, 6) is 3.11. The quantitative estimate of drug-likeness (QED) is 0.208. The predicted molar refractivity (Wildman–Crippen MR) is 172 cm³/mol. The first-order chi connectivity index (χ1) is 20.9. The summed E-state index contributed by atoms with van der Waals surface area (Å²) in [6.45, 7) is 18.8. The maximum atomic E-state index is 14.1. The van der Waals surface area contributed by atoms with E-state index < -0.39 is 58.7 Å². The van der Waals surface area contributed by atoms with Gasteiger partial charge in [-0.15, -0.1) is 6.58 Å². The Balaban J connectivity index is 1.77.